The Morgan fingerprint density at radius 3 is 2.59 bits per heavy atom. The summed E-state index contributed by atoms with van der Waals surface area (Å²) < 4.78 is 18.1. The lowest BCUT2D eigenvalue weighted by Gasteiger charge is -2.14. The Labute approximate surface area is 171 Å². The summed E-state index contributed by atoms with van der Waals surface area (Å²) in [5, 5.41) is 8.43. The van der Waals surface area contributed by atoms with Crippen molar-refractivity contribution in [3.8, 4) is 17.2 Å². The molecule has 2 aromatic carbocycles. The van der Waals surface area contributed by atoms with Crippen molar-refractivity contribution in [2.45, 2.75) is 25.8 Å². The van der Waals surface area contributed by atoms with Crippen LogP contribution in [0.2, 0.25) is 0 Å². The van der Waals surface area contributed by atoms with Gasteiger partial charge in [-0.1, -0.05) is 25.1 Å². The second-order valence-corrected chi connectivity index (χ2v) is 7.40. The largest absolute Gasteiger partial charge is 0.497 e. The van der Waals surface area contributed by atoms with E-state index >= 15 is 0 Å². The Bertz CT molecular complexity index is 955. The predicted octanol–water partition coefficient (Wildman–Crippen LogP) is 4.60. The topological polar surface area (TPSA) is 57.5 Å². The van der Waals surface area contributed by atoms with Crippen LogP contribution in [0.25, 0.3) is 5.69 Å². The van der Waals surface area contributed by atoms with Crippen molar-refractivity contribution < 1.29 is 14.2 Å². The van der Waals surface area contributed by atoms with Crippen LogP contribution in [-0.2, 0) is 11.3 Å². The molecule has 1 saturated carbocycles. The Morgan fingerprint density at radius 1 is 1.10 bits per heavy atom. The van der Waals surface area contributed by atoms with Crippen molar-refractivity contribution in [2.24, 2.45) is 5.92 Å². The van der Waals surface area contributed by atoms with Gasteiger partial charge in [0.15, 0.2) is 6.79 Å². The van der Waals surface area contributed by atoms with E-state index in [-0.39, 0.29) is 6.79 Å². The molecule has 1 aliphatic rings. The van der Waals surface area contributed by atoms with Gasteiger partial charge in [-0.2, -0.15) is 5.10 Å². The Hall–Kier alpha value is -2.99. The first-order valence-electron chi connectivity index (χ1n) is 9.87. The van der Waals surface area contributed by atoms with Crippen LogP contribution in [0, 0.1) is 5.92 Å². The second kappa shape index (κ2) is 8.57. The number of rotatable bonds is 9. The highest BCUT2D eigenvalue weighted by Crippen LogP contribution is 2.47. The van der Waals surface area contributed by atoms with Gasteiger partial charge >= 0.3 is 0 Å². The number of nitrogens with zero attached hydrogens (tertiary/aromatic N) is 2. The van der Waals surface area contributed by atoms with Gasteiger partial charge in [0.05, 0.1) is 18.5 Å². The fourth-order valence-electron chi connectivity index (χ4n) is 3.48. The molecule has 1 fully saturated rings. The SMILES string of the molecule is COCOc1ccc(OC)cc1CNc1cc([C@@H]2C[C@@H]2C)nn1-c1ccccc1. The number of nitrogens with one attached hydrogen (secondary N) is 1. The number of para-hydroxylation sites is 1. The molecule has 1 aromatic heterocycles. The maximum atomic E-state index is 5.72. The molecule has 0 spiro atoms. The van der Waals surface area contributed by atoms with Gasteiger partial charge in [-0.05, 0) is 42.7 Å². The van der Waals surface area contributed by atoms with Gasteiger partial charge < -0.3 is 19.5 Å². The number of benzene rings is 2. The minimum atomic E-state index is 0.199. The summed E-state index contributed by atoms with van der Waals surface area (Å²) in [6.07, 6.45) is 1.20. The number of aromatic nitrogens is 2. The minimum absolute atomic E-state index is 0.199. The molecule has 1 aliphatic carbocycles. The van der Waals surface area contributed by atoms with Gasteiger partial charge in [0.1, 0.15) is 17.3 Å². The molecule has 6 nitrogen and oxygen atoms in total. The molecule has 1 N–H and O–H groups in total. The van der Waals surface area contributed by atoms with Crippen LogP contribution >= 0.6 is 0 Å². The predicted molar refractivity (Wildman–Crippen MR) is 113 cm³/mol. The van der Waals surface area contributed by atoms with Crippen molar-refractivity contribution in [3.63, 3.8) is 0 Å². The van der Waals surface area contributed by atoms with E-state index in [2.05, 4.69) is 30.4 Å². The van der Waals surface area contributed by atoms with E-state index in [1.165, 1.54) is 6.42 Å². The highest BCUT2D eigenvalue weighted by molar-refractivity contribution is 5.49. The van der Waals surface area contributed by atoms with E-state index in [1.807, 2.05) is 41.1 Å². The maximum Gasteiger partial charge on any atom is 0.188 e. The third-order valence-electron chi connectivity index (χ3n) is 5.28. The lowest BCUT2D eigenvalue weighted by molar-refractivity contribution is 0.0504. The van der Waals surface area contributed by atoms with Crippen LogP contribution in [0.5, 0.6) is 11.5 Å². The van der Waals surface area contributed by atoms with Crippen molar-refractivity contribution in [3.05, 3.63) is 65.9 Å². The monoisotopic (exact) mass is 393 g/mol. The number of hydrogen-bond donors (Lipinski definition) is 1. The van der Waals surface area contributed by atoms with Crippen LogP contribution in [0.15, 0.2) is 54.6 Å². The molecule has 1 heterocycles. The molecule has 0 saturated heterocycles. The second-order valence-electron chi connectivity index (χ2n) is 7.40. The first-order valence-corrected chi connectivity index (χ1v) is 9.87. The van der Waals surface area contributed by atoms with Gasteiger partial charge in [-0.15, -0.1) is 0 Å². The molecule has 0 amide bonds. The van der Waals surface area contributed by atoms with Crippen LogP contribution in [0.3, 0.4) is 0 Å². The van der Waals surface area contributed by atoms with Crippen molar-refractivity contribution in [1.82, 2.24) is 9.78 Å². The van der Waals surface area contributed by atoms with Gasteiger partial charge in [0.25, 0.3) is 0 Å². The van der Waals surface area contributed by atoms with Gasteiger partial charge in [0, 0.05) is 31.2 Å². The van der Waals surface area contributed by atoms with Crippen molar-refractivity contribution in [1.29, 1.82) is 0 Å². The Morgan fingerprint density at radius 2 is 1.90 bits per heavy atom. The minimum Gasteiger partial charge on any atom is -0.497 e. The third kappa shape index (κ3) is 4.38. The fraction of sp³-hybridized carbons (Fsp3) is 0.348. The van der Waals surface area contributed by atoms with Crippen LogP contribution in [-0.4, -0.2) is 30.8 Å². The molecule has 0 radical (unpaired) electrons. The molecule has 0 bridgehead atoms. The van der Waals surface area contributed by atoms with E-state index in [9.17, 15) is 0 Å². The summed E-state index contributed by atoms with van der Waals surface area (Å²) >= 11 is 0. The van der Waals surface area contributed by atoms with Crippen LogP contribution in [0.4, 0.5) is 5.82 Å². The third-order valence-corrected chi connectivity index (χ3v) is 5.28. The van der Waals surface area contributed by atoms with Gasteiger partial charge in [-0.3, -0.25) is 0 Å². The zero-order chi connectivity index (χ0) is 20.2. The zero-order valence-electron chi connectivity index (χ0n) is 17.1. The normalized spacial score (nSPS) is 17.8. The average Bonchev–Trinajstić information content (AvgIpc) is 3.34. The molecule has 2 atom stereocenters. The van der Waals surface area contributed by atoms with Crippen LogP contribution in [0.1, 0.15) is 30.5 Å². The lowest BCUT2D eigenvalue weighted by atomic mass is 10.2. The molecule has 29 heavy (non-hydrogen) atoms. The molecule has 3 aromatic rings. The summed E-state index contributed by atoms with van der Waals surface area (Å²) in [6.45, 7) is 3.05. The number of methoxy groups -OCH3 is 2. The summed E-state index contributed by atoms with van der Waals surface area (Å²) in [6, 6.07) is 18.1. The van der Waals surface area contributed by atoms with Crippen molar-refractivity contribution in [2.75, 3.05) is 26.3 Å². The van der Waals surface area contributed by atoms with Gasteiger partial charge in [-0.25, -0.2) is 4.68 Å². The molecule has 6 heteroatoms. The lowest BCUT2D eigenvalue weighted by Crippen LogP contribution is -2.09. The first kappa shape index (κ1) is 19.3. The number of anilines is 1. The van der Waals surface area contributed by atoms with E-state index < -0.39 is 0 Å². The Kier molecular flexibility index (Phi) is 5.71. The summed E-state index contributed by atoms with van der Waals surface area (Å²) in [5.74, 6) is 3.77. The summed E-state index contributed by atoms with van der Waals surface area (Å²) in [7, 11) is 3.27. The van der Waals surface area contributed by atoms with E-state index in [0.717, 1.165) is 34.3 Å². The zero-order valence-corrected chi connectivity index (χ0v) is 17.1. The smallest absolute Gasteiger partial charge is 0.188 e. The summed E-state index contributed by atoms with van der Waals surface area (Å²) in [5.41, 5.74) is 3.17. The molecule has 152 valence electrons. The van der Waals surface area contributed by atoms with Crippen molar-refractivity contribution >= 4 is 5.82 Å². The first-order chi connectivity index (χ1) is 14.2. The Balaban J connectivity index is 1.60. The molecule has 0 aliphatic heterocycles. The molecule has 4 rings (SSSR count). The van der Waals surface area contributed by atoms with E-state index in [1.54, 1.807) is 14.2 Å². The summed E-state index contributed by atoms with van der Waals surface area (Å²) in [4.78, 5) is 0. The molecular formula is C23H27N3O3. The quantitative estimate of drug-likeness (QED) is 0.539. The molecular weight excluding hydrogens is 366 g/mol. The highest BCUT2D eigenvalue weighted by Gasteiger charge is 2.36. The number of hydrogen-bond acceptors (Lipinski definition) is 5. The van der Waals surface area contributed by atoms with Gasteiger partial charge in [0.2, 0.25) is 0 Å². The average molecular weight is 393 g/mol. The fourth-order valence-corrected chi connectivity index (χ4v) is 3.48. The van der Waals surface area contributed by atoms with Crippen LogP contribution < -0.4 is 14.8 Å². The maximum absolute atomic E-state index is 5.72. The molecule has 0 unspecified atom stereocenters. The number of ether oxygens (including phenoxy) is 3. The highest BCUT2D eigenvalue weighted by atomic mass is 16.7. The standard InChI is InChI=1S/C23H27N3O3/c1-16-11-20(16)21-13-23(26(25-21)18-7-5-4-6-8-18)24-14-17-12-19(28-3)9-10-22(17)29-15-27-2/h4-10,12-13,16,20,24H,11,14-15H2,1-3H3/t16-,20+/m0/s1. The van der Waals surface area contributed by atoms with E-state index in [0.29, 0.717) is 18.4 Å². The van der Waals surface area contributed by atoms with E-state index in [4.69, 9.17) is 19.3 Å².